The second-order valence-corrected chi connectivity index (χ2v) is 24.4. The van der Waals surface area contributed by atoms with E-state index in [2.05, 4.69) is 274 Å². The maximum absolute atomic E-state index is 7.45. The predicted molar refractivity (Wildman–Crippen MR) is 309 cm³/mol. The molecule has 0 amide bonds. The van der Waals surface area contributed by atoms with Gasteiger partial charge in [0.25, 0.3) is 6.71 Å². The van der Waals surface area contributed by atoms with Crippen molar-refractivity contribution in [1.82, 2.24) is 0 Å². The Labute approximate surface area is 428 Å². The molecule has 0 fully saturated rings. The van der Waals surface area contributed by atoms with Crippen molar-refractivity contribution in [2.24, 2.45) is 0 Å². The van der Waals surface area contributed by atoms with E-state index in [1.165, 1.54) is 92.9 Å². The predicted octanol–water partition coefficient (Wildman–Crippen LogP) is 12.8. The van der Waals surface area contributed by atoms with Gasteiger partial charge < -0.3 is 9.64 Å². The molecule has 3 heterocycles. The van der Waals surface area contributed by atoms with Crippen LogP contribution in [0.15, 0.2) is 255 Å². The minimum Gasteiger partial charge on any atom is -0.458 e. The summed E-state index contributed by atoms with van der Waals surface area (Å²) in [4.78, 5) is 2.57. The summed E-state index contributed by atoms with van der Waals surface area (Å²) in [7, 11) is -2.87. The van der Waals surface area contributed by atoms with Crippen LogP contribution in [0.4, 0.5) is 17.1 Å². The summed E-state index contributed by atoms with van der Waals surface area (Å²) < 4.78 is 7.45. The highest BCUT2D eigenvalue weighted by Crippen LogP contribution is 2.51. The van der Waals surface area contributed by atoms with E-state index < -0.39 is 8.07 Å². The van der Waals surface area contributed by atoms with Crippen molar-refractivity contribution in [2.45, 2.75) is 19.3 Å². The van der Waals surface area contributed by atoms with Gasteiger partial charge in [0.2, 0.25) is 0 Å². The molecule has 0 aromatic heterocycles. The number of fused-ring (bicyclic) bond motifs is 10. The first-order valence-electron chi connectivity index (χ1n) is 25.6. The maximum Gasteiger partial charge on any atom is 0.256 e. The molecule has 0 radical (unpaired) electrons. The van der Waals surface area contributed by atoms with E-state index in [-0.39, 0.29) is 12.1 Å². The highest BCUT2D eigenvalue weighted by Gasteiger charge is 2.51. The van der Waals surface area contributed by atoms with Gasteiger partial charge in [-0.1, -0.05) is 232 Å². The molecule has 11 aromatic carbocycles. The van der Waals surface area contributed by atoms with Gasteiger partial charge in [0.1, 0.15) is 11.5 Å². The molecule has 342 valence electrons. The van der Waals surface area contributed by atoms with Crippen molar-refractivity contribution >= 4 is 69.0 Å². The van der Waals surface area contributed by atoms with E-state index in [0.29, 0.717) is 0 Å². The maximum atomic E-state index is 7.45. The largest absolute Gasteiger partial charge is 0.458 e. The molecule has 0 unspecified atom stereocenters. The van der Waals surface area contributed by atoms with Gasteiger partial charge in [-0.05, 0) is 135 Å². The van der Waals surface area contributed by atoms with Crippen molar-refractivity contribution in [2.75, 3.05) is 4.90 Å². The second kappa shape index (κ2) is 15.9. The molecule has 3 aliphatic heterocycles. The first kappa shape index (κ1) is 42.0. The van der Waals surface area contributed by atoms with Crippen LogP contribution in [0.1, 0.15) is 25.0 Å². The van der Waals surface area contributed by atoms with Crippen LogP contribution < -0.4 is 46.8 Å². The highest BCUT2D eigenvalue weighted by molar-refractivity contribution is 7.22. The molecule has 0 atom stereocenters. The Balaban J connectivity index is 1.03. The molecular formula is C69H48BNOSi. The molecule has 15 rings (SSSR count). The molecule has 0 saturated carbocycles. The van der Waals surface area contributed by atoms with E-state index >= 15 is 0 Å². The Morgan fingerprint density at radius 3 is 1.67 bits per heavy atom. The first-order chi connectivity index (χ1) is 36.0. The summed E-state index contributed by atoms with van der Waals surface area (Å²) >= 11 is 0. The fraction of sp³-hybridized carbons (Fsp3) is 0.0435. The minimum absolute atomic E-state index is 0.0613. The summed E-state index contributed by atoms with van der Waals surface area (Å²) in [6.45, 7) is 4.58. The standard InChI is InChI=1S/C69H48BNOSi/c1-69(2)57-32-18-15-30-53(57)55-39-47(35-37-58(55)69)48-36-38-59-64(41-48)72-65-42-49(45-21-7-3-8-22-45)40-63-68(65)70(59)60-44-67-56(43-62(60)71(63)61-33-19-16-29-52(61)46-23-9-4-10-24-46)54-31-17-20-34-66(54)73(67,50-25-11-5-12-26-50)51-27-13-6-14-28-51/h3-44H,1-2H3. The van der Waals surface area contributed by atoms with Gasteiger partial charge in [-0.25, -0.2) is 0 Å². The lowest BCUT2D eigenvalue weighted by Gasteiger charge is -2.42. The van der Waals surface area contributed by atoms with E-state index in [4.69, 9.17) is 4.74 Å². The van der Waals surface area contributed by atoms with Crippen LogP contribution in [-0.4, -0.2) is 14.8 Å². The molecule has 73 heavy (non-hydrogen) atoms. The first-order valence-corrected chi connectivity index (χ1v) is 27.6. The molecule has 0 spiro atoms. The lowest BCUT2D eigenvalue weighted by atomic mass is 9.34. The molecule has 2 nitrogen and oxygen atoms in total. The number of para-hydroxylation sites is 1. The van der Waals surface area contributed by atoms with Crippen LogP contribution in [0.2, 0.25) is 0 Å². The number of hydrogen-bond donors (Lipinski definition) is 0. The number of hydrogen-bond acceptors (Lipinski definition) is 2. The highest BCUT2D eigenvalue weighted by atomic mass is 28.3. The molecule has 11 aromatic rings. The molecule has 0 N–H and O–H groups in total. The SMILES string of the molecule is CC1(C)c2ccccc2-c2cc(-c3ccc4c(c3)Oc3cc(-c5ccccc5)cc5c3B4c3cc4c(cc3N5c3ccccc3-c3ccccc3)-c3ccccc3[Si]4(c3ccccc3)c3ccccc3)ccc21. The number of nitrogens with zero attached hydrogens (tertiary/aromatic N) is 1. The normalized spacial score (nSPS) is 14.4. The van der Waals surface area contributed by atoms with Gasteiger partial charge in [0.05, 0.1) is 5.69 Å². The van der Waals surface area contributed by atoms with Crippen LogP contribution in [-0.2, 0) is 5.41 Å². The van der Waals surface area contributed by atoms with Crippen molar-refractivity contribution in [3.63, 3.8) is 0 Å². The summed E-state index contributed by atoms with van der Waals surface area (Å²) in [5.41, 5.74) is 22.0. The lowest BCUT2D eigenvalue weighted by Crippen LogP contribution is -2.73. The average molecular weight is 946 g/mol. The van der Waals surface area contributed by atoms with Crippen LogP contribution >= 0.6 is 0 Å². The third-order valence-electron chi connectivity index (χ3n) is 16.6. The van der Waals surface area contributed by atoms with Crippen LogP contribution in [0.3, 0.4) is 0 Å². The third kappa shape index (κ3) is 6.05. The van der Waals surface area contributed by atoms with Crippen molar-refractivity contribution in [3.05, 3.63) is 266 Å². The van der Waals surface area contributed by atoms with E-state index in [1.54, 1.807) is 0 Å². The van der Waals surface area contributed by atoms with Gasteiger partial charge in [0.15, 0.2) is 8.07 Å². The Bertz CT molecular complexity index is 4000. The summed E-state index contributed by atoms with van der Waals surface area (Å²) in [6, 6.07) is 95.6. The monoisotopic (exact) mass is 945 g/mol. The fourth-order valence-electron chi connectivity index (χ4n) is 13.3. The van der Waals surface area contributed by atoms with Gasteiger partial charge in [-0.15, -0.1) is 0 Å². The van der Waals surface area contributed by atoms with Crippen LogP contribution in [0, 0.1) is 0 Å². The van der Waals surface area contributed by atoms with Crippen LogP contribution in [0.25, 0.3) is 55.6 Å². The number of ether oxygens (including phenoxy) is 1. The van der Waals surface area contributed by atoms with Gasteiger partial charge >= 0.3 is 0 Å². The molecule has 1 aliphatic carbocycles. The molecule has 0 saturated heterocycles. The smallest absolute Gasteiger partial charge is 0.256 e. The number of benzene rings is 11. The summed E-state index contributed by atoms with van der Waals surface area (Å²) in [5.74, 6) is 1.79. The molecule has 0 bridgehead atoms. The zero-order valence-corrected chi connectivity index (χ0v) is 41.7. The Morgan fingerprint density at radius 1 is 0.356 bits per heavy atom. The second-order valence-electron chi connectivity index (χ2n) is 20.7. The van der Waals surface area contributed by atoms with Gasteiger partial charge in [-0.3, -0.25) is 0 Å². The van der Waals surface area contributed by atoms with E-state index in [1.807, 2.05) is 0 Å². The van der Waals surface area contributed by atoms with Crippen LogP contribution in [0.5, 0.6) is 11.5 Å². The Kier molecular flexibility index (Phi) is 9.15. The Hall–Kier alpha value is -8.70. The minimum atomic E-state index is -2.87. The topological polar surface area (TPSA) is 12.5 Å². The number of anilines is 3. The summed E-state index contributed by atoms with van der Waals surface area (Å²) in [5, 5.41) is 5.64. The number of rotatable bonds is 6. The van der Waals surface area contributed by atoms with Crippen molar-refractivity contribution in [1.29, 1.82) is 0 Å². The van der Waals surface area contributed by atoms with Crippen molar-refractivity contribution < 1.29 is 4.74 Å². The van der Waals surface area contributed by atoms with Gasteiger partial charge in [0, 0.05) is 22.4 Å². The zero-order chi connectivity index (χ0) is 48.4. The van der Waals surface area contributed by atoms with Crippen molar-refractivity contribution in [3.8, 4) is 67.1 Å². The lowest BCUT2D eigenvalue weighted by molar-refractivity contribution is 0.488. The average Bonchev–Trinajstić information content (AvgIpc) is 3.87. The molecule has 4 heteroatoms. The van der Waals surface area contributed by atoms with E-state index in [9.17, 15) is 0 Å². The summed E-state index contributed by atoms with van der Waals surface area (Å²) in [6.07, 6.45) is 0. The zero-order valence-electron chi connectivity index (χ0n) is 40.7. The fourth-order valence-corrected chi connectivity index (χ4v) is 18.5. The van der Waals surface area contributed by atoms with Gasteiger partial charge in [-0.2, -0.15) is 0 Å². The quantitative estimate of drug-likeness (QED) is 0.154. The Morgan fingerprint density at radius 2 is 0.932 bits per heavy atom. The van der Waals surface area contributed by atoms with E-state index in [0.717, 1.165) is 39.6 Å². The molecule has 4 aliphatic rings. The molecular weight excluding hydrogens is 898 g/mol. The third-order valence-corrected chi connectivity index (χ3v) is 21.5.